The van der Waals surface area contributed by atoms with E-state index in [-0.39, 0.29) is 6.04 Å². The summed E-state index contributed by atoms with van der Waals surface area (Å²) in [6.45, 7) is 4.96. The number of aromatic nitrogens is 2. The summed E-state index contributed by atoms with van der Waals surface area (Å²) in [6.07, 6.45) is 3.31. The minimum Gasteiger partial charge on any atom is -0.368 e. The highest BCUT2D eigenvalue weighted by molar-refractivity contribution is 14.1. The summed E-state index contributed by atoms with van der Waals surface area (Å²) in [5.74, 6) is 1.33. The number of nitrogens with two attached hydrogens (primary N) is 1. The zero-order valence-electron chi connectivity index (χ0n) is 8.37. The first-order valence-corrected chi connectivity index (χ1v) is 5.64. The zero-order chi connectivity index (χ0) is 10.6. The molecule has 0 spiro atoms. The largest absolute Gasteiger partial charge is 0.368 e. The van der Waals surface area contributed by atoms with Crippen LogP contribution < -0.4 is 11.1 Å². The van der Waals surface area contributed by atoms with Gasteiger partial charge in [-0.25, -0.2) is 9.97 Å². The van der Waals surface area contributed by atoms with E-state index in [0.717, 1.165) is 15.9 Å². The number of hydrogen-bond acceptors (Lipinski definition) is 4. The van der Waals surface area contributed by atoms with Crippen LogP contribution >= 0.6 is 22.6 Å². The molecule has 0 aliphatic rings. The summed E-state index contributed by atoms with van der Waals surface area (Å²) in [5, 5.41) is 3.21. The minimum atomic E-state index is 0.153. The average Bonchev–Trinajstić information content (AvgIpc) is 2.16. The molecule has 14 heavy (non-hydrogen) atoms. The van der Waals surface area contributed by atoms with Crippen molar-refractivity contribution in [2.75, 3.05) is 11.9 Å². The first-order valence-electron chi connectivity index (χ1n) is 4.56. The van der Waals surface area contributed by atoms with Crippen molar-refractivity contribution in [3.05, 3.63) is 16.1 Å². The van der Waals surface area contributed by atoms with E-state index in [2.05, 4.69) is 51.7 Å². The molecule has 4 nitrogen and oxygen atoms in total. The Morgan fingerprint density at radius 2 is 2.29 bits per heavy atom. The minimum absolute atomic E-state index is 0.153. The third-order valence-corrected chi connectivity index (χ3v) is 2.82. The number of rotatable bonds is 4. The van der Waals surface area contributed by atoms with E-state index in [1.807, 2.05) is 0 Å². The number of halogens is 1. The Kier molecular flexibility index (Phi) is 4.53. The quantitative estimate of drug-likeness (QED) is 0.827. The molecule has 1 unspecified atom stereocenters. The van der Waals surface area contributed by atoms with Crippen molar-refractivity contribution in [1.82, 2.24) is 9.97 Å². The van der Waals surface area contributed by atoms with Crippen LogP contribution in [0, 0.1) is 9.49 Å². The molecule has 1 rings (SSSR count). The van der Waals surface area contributed by atoms with Crippen LogP contribution in [0.2, 0.25) is 0 Å². The standard InChI is InChI=1S/C9H15IN4/c1-6(2)8(11)4-13-9-7(10)3-12-5-14-9/h3,5-6,8H,4,11H2,1-2H3,(H,12,13,14). The lowest BCUT2D eigenvalue weighted by atomic mass is 10.1. The van der Waals surface area contributed by atoms with Gasteiger partial charge in [-0.3, -0.25) is 0 Å². The van der Waals surface area contributed by atoms with Crippen LogP contribution in [0.1, 0.15) is 13.8 Å². The second kappa shape index (κ2) is 5.45. The molecule has 0 aromatic carbocycles. The van der Waals surface area contributed by atoms with Crippen LogP contribution in [0.5, 0.6) is 0 Å². The van der Waals surface area contributed by atoms with E-state index >= 15 is 0 Å². The van der Waals surface area contributed by atoms with Crippen LogP contribution in [-0.2, 0) is 0 Å². The molecule has 0 aliphatic heterocycles. The van der Waals surface area contributed by atoms with Crippen molar-refractivity contribution in [1.29, 1.82) is 0 Å². The first kappa shape index (κ1) is 11.6. The Labute approximate surface area is 97.8 Å². The highest BCUT2D eigenvalue weighted by atomic mass is 127. The zero-order valence-corrected chi connectivity index (χ0v) is 10.5. The third kappa shape index (κ3) is 3.38. The van der Waals surface area contributed by atoms with Crippen LogP contribution in [0.4, 0.5) is 5.82 Å². The van der Waals surface area contributed by atoms with Crippen LogP contribution in [0.25, 0.3) is 0 Å². The Morgan fingerprint density at radius 1 is 1.57 bits per heavy atom. The SMILES string of the molecule is CC(C)C(N)CNc1ncncc1I. The fourth-order valence-electron chi connectivity index (χ4n) is 0.893. The highest BCUT2D eigenvalue weighted by Gasteiger charge is 2.08. The maximum Gasteiger partial charge on any atom is 0.142 e. The molecule has 0 radical (unpaired) electrons. The summed E-state index contributed by atoms with van der Waals surface area (Å²) in [4.78, 5) is 8.04. The molecule has 0 saturated carbocycles. The van der Waals surface area contributed by atoms with Gasteiger partial charge in [0.25, 0.3) is 0 Å². The topological polar surface area (TPSA) is 63.8 Å². The molecule has 0 saturated heterocycles. The molecule has 5 heteroatoms. The van der Waals surface area contributed by atoms with Gasteiger partial charge in [0, 0.05) is 18.8 Å². The van der Waals surface area contributed by atoms with Gasteiger partial charge in [0.05, 0.1) is 3.57 Å². The van der Waals surface area contributed by atoms with E-state index in [9.17, 15) is 0 Å². The maximum absolute atomic E-state index is 5.91. The average molecular weight is 306 g/mol. The Hall–Kier alpha value is -0.430. The molecular weight excluding hydrogens is 291 g/mol. The Balaban J connectivity index is 2.50. The first-order chi connectivity index (χ1) is 6.61. The van der Waals surface area contributed by atoms with Gasteiger partial charge in [0.1, 0.15) is 12.1 Å². The van der Waals surface area contributed by atoms with Crippen LogP contribution in [0.15, 0.2) is 12.5 Å². The van der Waals surface area contributed by atoms with Crippen molar-refractivity contribution in [3.8, 4) is 0 Å². The van der Waals surface area contributed by atoms with Crippen molar-refractivity contribution in [3.63, 3.8) is 0 Å². The molecule has 1 atom stereocenters. The molecule has 0 amide bonds. The Bertz CT molecular complexity index is 290. The Morgan fingerprint density at radius 3 is 2.86 bits per heavy atom. The van der Waals surface area contributed by atoms with Crippen LogP contribution in [-0.4, -0.2) is 22.6 Å². The molecule has 0 aliphatic carbocycles. The molecule has 0 bridgehead atoms. The van der Waals surface area contributed by atoms with E-state index in [1.165, 1.54) is 6.33 Å². The van der Waals surface area contributed by atoms with Crippen molar-refractivity contribution in [2.24, 2.45) is 11.7 Å². The fraction of sp³-hybridized carbons (Fsp3) is 0.556. The number of hydrogen-bond donors (Lipinski definition) is 2. The van der Waals surface area contributed by atoms with E-state index in [1.54, 1.807) is 6.20 Å². The van der Waals surface area contributed by atoms with Gasteiger partial charge < -0.3 is 11.1 Å². The van der Waals surface area contributed by atoms with Crippen molar-refractivity contribution >= 4 is 28.4 Å². The monoisotopic (exact) mass is 306 g/mol. The van der Waals surface area contributed by atoms with Gasteiger partial charge in [-0.2, -0.15) is 0 Å². The van der Waals surface area contributed by atoms with Gasteiger partial charge in [-0.15, -0.1) is 0 Å². The lowest BCUT2D eigenvalue weighted by Gasteiger charge is -2.16. The van der Waals surface area contributed by atoms with E-state index in [4.69, 9.17) is 5.73 Å². The second-order valence-electron chi connectivity index (χ2n) is 3.51. The third-order valence-electron chi connectivity index (χ3n) is 2.03. The molecular formula is C9H15IN4. The van der Waals surface area contributed by atoms with Gasteiger partial charge in [0.2, 0.25) is 0 Å². The summed E-state index contributed by atoms with van der Waals surface area (Å²) in [5.41, 5.74) is 5.91. The maximum atomic E-state index is 5.91. The van der Waals surface area contributed by atoms with Crippen molar-refractivity contribution in [2.45, 2.75) is 19.9 Å². The summed E-state index contributed by atoms with van der Waals surface area (Å²) < 4.78 is 1.01. The second-order valence-corrected chi connectivity index (χ2v) is 4.67. The van der Waals surface area contributed by atoms with Crippen molar-refractivity contribution < 1.29 is 0 Å². The van der Waals surface area contributed by atoms with Gasteiger partial charge in [-0.1, -0.05) is 13.8 Å². The highest BCUT2D eigenvalue weighted by Crippen LogP contribution is 2.12. The van der Waals surface area contributed by atoms with Gasteiger partial charge in [-0.05, 0) is 28.5 Å². The predicted octanol–water partition coefficient (Wildman–Crippen LogP) is 1.48. The summed E-state index contributed by atoms with van der Waals surface area (Å²) in [7, 11) is 0. The van der Waals surface area contributed by atoms with Gasteiger partial charge >= 0.3 is 0 Å². The van der Waals surface area contributed by atoms with E-state index in [0.29, 0.717) is 5.92 Å². The molecule has 78 valence electrons. The lowest BCUT2D eigenvalue weighted by Crippen LogP contribution is -2.34. The van der Waals surface area contributed by atoms with E-state index < -0.39 is 0 Å². The molecule has 1 aromatic heterocycles. The number of nitrogens with zero attached hydrogens (tertiary/aromatic N) is 2. The normalized spacial score (nSPS) is 12.9. The molecule has 1 heterocycles. The fourth-order valence-corrected chi connectivity index (χ4v) is 1.38. The molecule has 3 N–H and O–H groups in total. The molecule has 1 aromatic rings. The smallest absolute Gasteiger partial charge is 0.142 e. The number of nitrogens with one attached hydrogen (secondary N) is 1. The summed E-state index contributed by atoms with van der Waals surface area (Å²) >= 11 is 2.20. The summed E-state index contributed by atoms with van der Waals surface area (Å²) in [6, 6.07) is 0.153. The van der Waals surface area contributed by atoms with Gasteiger partial charge in [0.15, 0.2) is 0 Å². The number of anilines is 1. The lowest BCUT2D eigenvalue weighted by molar-refractivity contribution is 0.511. The van der Waals surface area contributed by atoms with Crippen LogP contribution in [0.3, 0.4) is 0 Å². The predicted molar refractivity (Wildman–Crippen MR) is 66.1 cm³/mol. The molecule has 0 fully saturated rings.